The average Bonchev–Trinajstić information content (AvgIpc) is 3.16. The number of hydrogen-bond donors (Lipinski definition) is 1. The highest BCUT2D eigenvalue weighted by Gasteiger charge is 2.38. The topological polar surface area (TPSA) is 41.5 Å². The molecule has 1 heterocycles. The number of hydrogen-bond acceptors (Lipinski definition) is 3. The number of rotatable bonds is 3. The fraction of sp³-hybridized carbons (Fsp3) is 0.222. The maximum absolute atomic E-state index is 13.0. The lowest BCUT2D eigenvalue weighted by Gasteiger charge is -2.31. The van der Waals surface area contributed by atoms with E-state index in [9.17, 15) is 9.18 Å². The van der Waals surface area contributed by atoms with Gasteiger partial charge in [-0.15, -0.1) is 11.3 Å². The van der Waals surface area contributed by atoms with Gasteiger partial charge in [-0.2, -0.15) is 5.10 Å². The van der Waals surface area contributed by atoms with E-state index in [4.69, 9.17) is 0 Å². The van der Waals surface area contributed by atoms with Crippen LogP contribution in [0.4, 0.5) is 4.39 Å². The van der Waals surface area contributed by atoms with Crippen molar-refractivity contribution in [3.63, 3.8) is 0 Å². The minimum absolute atomic E-state index is 0.190. The number of nitrogens with zero attached hydrogens (tertiary/aromatic N) is 1. The third kappa shape index (κ3) is 2.72. The predicted octanol–water partition coefficient (Wildman–Crippen LogP) is 4.24. The summed E-state index contributed by atoms with van der Waals surface area (Å²) in [6, 6.07) is 9.92. The van der Waals surface area contributed by atoms with Crippen LogP contribution < -0.4 is 5.43 Å². The first-order valence-corrected chi connectivity index (χ1v) is 8.41. The molecule has 0 unspecified atom stereocenters. The second-order valence-corrected chi connectivity index (χ2v) is 6.94. The Labute approximate surface area is 137 Å². The normalized spacial score (nSPS) is 23.6. The molecule has 1 N–H and O–H groups in total. The summed E-state index contributed by atoms with van der Waals surface area (Å²) in [5, 5.41) is 4.28. The molecule has 2 aromatic rings. The highest BCUT2D eigenvalue weighted by Crippen LogP contribution is 2.40. The molecule has 1 amide bonds. The lowest BCUT2D eigenvalue weighted by atomic mass is 9.74. The van der Waals surface area contributed by atoms with Gasteiger partial charge in [0.2, 0.25) is 0 Å². The van der Waals surface area contributed by atoms with Crippen LogP contribution in [0.25, 0.3) is 10.4 Å². The fourth-order valence-electron chi connectivity index (χ4n) is 3.07. The van der Waals surface area contributed by atoms with Crippen molar-refractivity contribution >= 4 is 23.0 Å². The Morgan fingerprint density at radius 1 is 1.22 bits per heavy atom. The second kappa shape index (κ2) is 5.74. The smallest absolute Gasteiger partial charge is 0.266 e. The van der Waals surface area contributed by atoms with Crippen molar-refractivity contribution in [1.29, 1.82) is 0 Å². The Balaban J connectivity index is 1.43. The quantitative estimate of drug-likeness (QED) is 0.665. The van der Waals surface area contributed by atoms with Crippen molar-refractivity contribution < 1.29 is 9.18 Å². The summed E-state index contributed by atoms with van der Waals surface area (Å²) in [5.74, 6) is 0.662. The van der Waals surface area contributed by atoms with Crippen molar-refractivity contribution in [2.45, 2.75) is 12.8 Å². The minimum Gasteiger partial charge on any atom is -0.266 e. The molecule has 2 aliphatic rings. The number of allylic oxidation sites excluding steroid dienone is 2. The molecule has 3 nitrogen and oxygen atoms in total. The number of hydrazone groups is 1. The fourth-order valence-corrected chi connectivity index (χ4v) is 3.97. The third-order valence-electron chi connectivity index (χ3n) is 4.42. The molecule has 1 aromatic carbocycles. The van der Waals surface area contributed by atoms with Gasteiger partial charge < -0.3 is 0 Å². The molecule has 0 spiro atoms. The molecule has 1 fully saturated rings. The number of thiophene rings is 1. The van der Waals surface area contributed by atoms with Crippen LogP contribution in [-0.2, 0) is 0 Å². The molecular formula is C18H15FN2OS. The van der Waals surface area contributed by atoms with E-state index in [0.29, 0.717) is 16.7 Å². The lowest BCUT2D eigenvalue weighted by molar-refractivity contribution is 0.0958. The van der Waals surface area contributed by atoms with E-state index in [1.807, 2.05) is 6.07 Å². The summed E-state index contributed by atoms with van der Waals surface area (Å²) >= 11 is 1.38. The van der Waals surface area contributed by atoms with Gasteiger partial charge in [0.25, 0.3) is 5.91 Å². The average molecular weight is 326 g/mol. The molecule has 2 atom stereocenters. The van der Waals surface area contributed by atoms with Crippen molar-refractivity contribution in [2.24, 2.45) is 16.9 Å². The van der Waals surface area contributed by atoms with Crippen LogP contribution in [0.3, 0.4) is 0 Å². The Bertz CT molecular complexity index is 807. The van der Waals surface area contributed by atoms with E-state index >= 15 is 0 Å². The SMILES string of the molecule is O=C(N/N=C1/C[C@H]2C=CC[C@@H]12)c1ccc(-c2ccc(F)cc2)s1. The van der Waals surface area contributed by atoms with E-state index in [2.05, 4.69) is 22.7 Å². The van der Waals surface area contributed by atoms with Gasteiger partial charge in [-0.3, -0.25) is 4.79 Å². The third-order valence-corrected chi connectivity index (χ3v) is 5.56. The van der Waals surface area contributed by atoms with E-state index < -0.39 is 0 Å². The molecule has 0 bridgehead atoms. The lowest BCUT2D eigenvalue weighted by Crippen LogP contribution is -2.35. The molecule has 2 aliphatic carbocycles. The Hall–Kier alpha value is -2.27. The standard InChI is InChI=1S/C18H15FN2OS/c19-13-6-4-11(5-7-13)16-8-9-17(23-16)18(22)21-20-15-10-12-2-1-3-14(12)15/h1-2,4-9,12,14H,3,10H2,(H,21,22)/b20-15-/t12-,14-/m1/s1. The molecule has 116 valence electrons. The Morgan fingerprint density at radius 3 is 2.83 bits per heavy atom. The molecule has 0 aliphatic heterocycles. The van der Waals surface area contributed by atoms with E-state index in [0.717, 1.165) is 29.0 Å². The molecule has 1 saturated carbocycles. The predicted molar refractivity (Wildman–Crippen MR) is 90.0 cm³/mol. The number of halogens is 1. The zero-order chi connectivity index (χ0) is 15.8. The number of amides is 1. The first-order valence-electron chi connectivity index (χ1n) is 7.60. The van der Waals surface area contributed by atoms with Gasteiger partial charge in [0.05, 0.1) is 4.88 Å². The summed E-state index contributed by atoms with van der Waals surface area (Å²) in [4.78, 5) is 13.7. The van der Waals surface area contributed by atoms with Crippen molar-refractivity contribution in [3.05, 3.63) is 59.2 Å². The van der Waals surface area contributed by atoms with Crippen LogP contribution in [-0.4, -0.2) is 11.6 Å². The van der Waals surface area contributed by atoms with Crippen molar-refractivity contribution in [1.82, 2.24) is 5.43 Å². The van der Waals surface area contributed by atoms with Gasteiger partial charge in [0.1, 0.15) is 5.82 Å². The Morgan fingerprint density at radius 2 is 2.04 bits per heavy atom. The molecule has 4 rings (SSSR count). The van der Waals surface area contributed by atoms with Gasteiger partial charge in [0.15, 0.2) is 0 Å². The maximum Gasteiger partial charge on any atom is 0.281 e. The van der Waals surface area contributed by atoms with Gasteiger partial charge in [-0.05, 0) is 48.6 Å². The minimum atomic E-state index is -0.265. The first-order chi connectivity index (χ1) is 11.2. The summed E-state index contributed by atoms with van der Waals surface area (Å²) in [5.41, 5.74) is 4.65. The van der Waals surface area contributed by atoms with E-state index in [-0.39, 0.29) is 11.7 Å². The van der Waals surface area contributed by atoms with Crippen LogP contribution in [0.15, 0.2) is 53.7 Å². The van der Waals surface area contributed by atoms with Crippen LogP contribution in [0.2, 0.25) is 0 Å². The van der Waals surface area contributed by atoms with Crippen molar-refractivity contribution in [3.8, 4) is 10.4 Å². The van der Waals surface area contributed by atoms with E-state index in [1.165, 1.54) is 23.5 Å². The van der Waals surface area contributed by atoms with Crippen LogP contribution >= 0.6 is 11.3 Å². The molecule has 5 heteroatoms. The van der Waals surface area contributed by atoms with Crippen molar-refractivity contribution in [2.75, 3.05) is 0 Å². The zero-order valence-electron chi connectivity index (χ0n) is 12.3. The van der Waals surface area contributed by atoms with Crippen LogP contribution in [0, 0.1) is 17.7 Å². The molecular weight excluding hydrogens is 311 g/mol. The molecule has 0 saturated heterocycles. The van der Waals surface area contributed by atoms with Crippen LogP contribution in [0.1, 0.15) is 22.5 Å². The monoisotopic (exact) mass is 326 g/mol. The zero-order valence-corrected chi connectivity index (χ0v) is 13.1. The summed E-state index contributed by atoms with van der Waals surface area (Å²) in [7, 11) is 0. The summed E-state index contributed by atoms with van der Waals surface area (Å²) in [6.45, 7) is 0. The number of nitrogens with one attached hydrogen (secondary N) is 1. The van der Waals surface area contributed by atoms with Gasteiger partial charge in [0, 0.05) is 16.5 Å². The number of carbonyl (C=O) groups is 1. The maximum atomic E-state index is 13.0. The van der Waals surface area contributed by atoms with Gasteiger partial charge in [-0.25, -0.2) is 9.82 Å². The van der Waals surface area contributed by atoms with E-state index in [1.54, 1.807) is 18.2 Å². The summed E-state index contributed by atoms with van der Waals surface area (Å²) in [6.07, 6.45) is 6.41. The molecule has 23 heavy (non-hydrogen) atoms. The number of fused-ring (bicyclic) bond motifs is 1. The number of benzene rings is 1. The summed E-state index contributed by atoms with van der Waals surface area (Å²) < 4.78 is 13.0. The number of carbonyl (C=O) groups excluding carboxylic acids is 1. The Kier molecular flexibility index (Phi) is 3.58. The largest absolute Gasteiger partial charge is 0.281 e. The van der Waals surface area contributed by atoms with Gasteiger partial charge in [-0.1, -0.05) is 24.3 Å². The molecule has 1 aromatic heterocycles. The first kappa shape index (κ1) is 14.3. The second-order valence-electron chi connectivity index (χ2n) is 5.85. The highest BCUT2D eigenvalue weighted by molar-refractivity contribution is 7.17. The van der Waals surface area contributed by atoms with Gasteiger partial charge >= 0.3 is 0 Å². The highest BCUT2D eigenvalue weighted by atomic mass is 32.1. The van der Waals surface area contributed by atoms with Crippen LogP contribution in [0.5, 0.6) is 0 Å². The molecule has 0 radical (unpaired) electrons.